The maximum atomic E-state index is 13.8. The van der Waals surface area contributed by atoms with E-state index in [1.165, 1.54) is 30.3 Å². The van der Waals surface area contributed by atoms with Crippen LogP contribution >= 0.6 is 15.9 Å². The van der Waals surface area contributed by atoms with Crippen LogP contribution in [0.25, 0.3) is 17.4 Å². The van der Waals surface area contributed by atoms with Crippen molar-refractivity contribution in [2.45, 2.75) is 4.90 Å². The van der Waals surface area contributed by atoms with E-state index in [0.29, 0.717) is 0 Å². The Balaban J connectivity index is 1.99. The molecule has 26 heavy (non-hydrogen) atoms. The van der Waals surface area contributed by atoms with Gasteiger partial charge in [-0.3, -0.25) is 0 Å². The van der Waals surface area contributed by atoms with Crippen LogP contribution < -0.4 is 0 Å². The van der Waals surface area contributed by atoms with Gasteiger partial charge in [0.15, 0.2) is 4.91 Å². The average molecular weight is 432 g/mol. The third-order valence-electron chi connectivity index (χ3n) is 3.56. The van der Waals surface area contributed by atoms with Gasteiger partial charge < -0.3 is 4.42 Å². The molecule has 0 bridgehead atoms. The van der Waals surface area contributed by atoms with Gasteiger partial charge in [-0.15, -0.1) is 0 Å². The van der Waals surface area contributed by atoms with E-state index in [2.05, 4.69) is 15.9 Å². The fraction of sp³-hybridized carbons (Fsp3) is 0. The van der Waals surface area contributed by atoms with E-state index in [9.17, 15) is 18.1 Å². The Labute approximate surface area is 158 Å². The van der Waals surface area contributed by atoms with Crippen molar-refractivity contribution in [2.75, 3.05) is 0 Å². The Kier molecular flexibility index (Phi) is 5.07. The van der Waals surface area contributed by atoms with Gasteiger partial charge in [-0.05, 0) is 48.5 Å². The number of halogens is 2. The highest BCUT2D eigenvalue weighted by atomic mass is 79.9. The molecular formula is C19H11BrFNO3S. The van der Waals surface area contributed by atoms with Crippen LogP contribution in [0.4, 0.5) is 4.39 Å². The fourth-order valence-corrected chi connectivity index (χ4v) is 3.68. The van der Waals surface area contributed by atoms with Gasteiger partial charge in [0.05, 0.1) is 10.5 Å². The van der Waals surface area contributed by atoms with Crippen molar-refractivity contribution in [1.82, 2.24) is 0 Å². The zero-order chi connectivity index (χ0) is 18.7. The molecule has 0 atom stereocenters. The monoisotopic (exact) mass is 431 g/mol. The molecule has 0 aliphatic carbocycles. The van der Waals surface area contributed by atoms with E-state index in [1.54, 1.807) is 36.4 Å². The van der Waals surface area contributed by atoms with Crippen molar-refractivity contribution < 1.29 is 17.2 Å². The van der Waals surface area contributed by atoms with Crippen LogP contribution in [-0.4, -0.2) is 8.42 Å². The minimum Gasteiger partial charge on any atom is -0.457 e. The maximum Gasteiger partial charge on any atom is 0.216 e. The lowest BCUT2D eigenvalue weighted by Crippen LogP contribution is -2.03. The summed E-state index contributed by atoms with van der Waals surface area (Å²) in [5.41, 5.74) is 0.251. The maximum absolute atomic E-state index is 13.8. The number of sulfone groups is 1. The molecule has 1 aromatic heterocycles. The second kappa shape index (κ2) is 7.28. The first-order valence-electron chi connectivity index (χ1n) is 7.39. The Morgan fingerprint density at radius 3 is 2.42 bits per heavy atom. The average Bonchev–Trinajstić information content (AvgIpc) is 3.08. The molecule has 1 heterocycles. The Morgan fingerprint density at radius 1 is 1.08 bits per heavy atom. The summed E-state index contributed by atoms with van der Waals surface area (Å²) in [6.45, 7) is 0. The molecule has 0 radical (unpaired) electrons. The van der Waals surface area contributed by atoms with Crippen molar-refractivity contribution in [3.63, 3.8) is 0 Å². The highest BCUT2D eigenvalue weighted by Crippen LogP contribution is 2.27. The third kappa shape index (κ3) is 3.62. The van der Waals surface area contributed by atoms with E-state index in [-0.39, 0.29) is 22.0 Å². The summed E-state index contributed by atoms with van der Waals surface area (Å²) in [6, 6.07) is 16.7. The molecule has 0 amide bonds. The van der Waals surface area contributed by atoms with Gasteiger partial charge in [0.1, 0.15) is 23.4 Å². The largest absolute Gasteiger partial charge is 0.457 e. The van der Waals surface area contributed by atoms with Crippen LogP contribution in [0.5, 0.6) is 0 Å². The van der Waals surface area contributed by atoms with E-state index in [1.807, 2.05) is 0 Å². The molecular weight excluding hydrogens is 421 g/mol. The van der Waals surface area contributed by atoms with Gasteiger partial charge in [-0.2, -0.15) is 5.26 Å². The summed E-state index contributed by atoms with van der Waals surface area (Å²) in [5.74, 6) is -0.0754. The minimum atomic E-state index is -3.98. The first kappa shape index (κ1) is 18.1. The molecule has 0 saturated heterocycles. The molecule has 3 aromatic rings. The first-order valence-corrected chi connectivity index (χ1v) is 9.66. The van der Waals surface area contributed by atoms with Crippen molar-refractivity contribution in [1.29, 1.82) is 5.26 Å². The predicted molar refractivity (Wildman–Crippen MR) is 99.0 cm³/mol. The first-order chi connectivity index (χ1) is 12.4. The topological polar surface area (TPSA) is 71.1 Å². The fourth-order valence-electron chi connectivity index (χ4n) is 2.28. The number of benzene rings is 2. The highest BCUT2D eigenvalue weighted by Gasteiger charge is 2.21. The molecule has 0 saturated carbocycles. The van der Waals surface area contributed by atoms with Crippen LogP contribution in [0.2, 0.25) is 0 Å². The molecule has 7 heteroatoms. The number of hydrogen-bond acceptors (Lipinski definition) is 4. The van der Waals surface area contributed by atoms with Gasteiger partial charge in [0.25, 0.3) is 0 Å². The van der Waals surface area contributed by atoms with E-state index in [4.69, 9.17) is 4.42 Å². The zero-order valence-corrected chi connectivity index (χ0v) is 15.6. The number of rotatable bonds is 4. The molecule has 0 aliphatic heterocycles. The predicted octanol–water partition coefficient (Wildman–Crippen LogP) is 5.19. The number of nitriles is 1. The molecule has 130 valence electrons. The molecule has 3 rings (SSSR count). The van der Waals surface area contributed by atoms with Crippen LogP contribution in [0.3, 0.4) is 0 Å². The molecule has 2 aromatic carbocycles. The normalized spacial score (nSPS) is 12.0. The Hall–Kier alpha value is -2.69. The minimum absolute atomic E-state index is 0.00520. The van der Waals surface area contributed by atoms with Crippen LogP contribution in [0.1, 0.15) is 5.76 Å². The lowest BCUT2D eigenvalue weighted by atomic mass is 10.1. The van der Waals surface area contributed by atoms with Gasteiger partial charge in [-0.1, -0.05) is 28.1 Å². The number of furan rings is 1. The van der Waals surface area contributed by atoms with Crippen LogP contribution in [0.15, 0.2) is 79.4 Å². The summed E-state index contributed by atoms with van der Waals surface area (Å²) in [7, 11) is -3.98. The molecule has 0 spiro atoms. The van der Waals surface area contributed by atoms with Crippen molar-refractivity contribution in [2.24, 2.45) is 0 Å². The number of allylic oxidation sites excluding steroid dienone is 1. The Bertz CT molecular complexity index is 1130. The molecule has 4 nitrogen and oxygen atoms in total. The summed E-state index contributed by atoms with van der Waals surface area (Å²) >= 11 is 3.23. The van der Waals surface area contributed by atoms with Crippen molar-refractivity contribution in [3.05, 3.63) is 81.6 Å². The smallest absolute Gasteiger partial charge is 0.216 e. The molecule has 0 aliphatic rings. The summed E-state index contributed by atoms with van der Waals surface area (Å²) in [5, 5.41) is 9.30. The SMILES string of the molecule is N#CC(=Cc1ccc(-c2ccccc2F)o1)S(=O)(=O)c1ccc(Br)cc1. The van der Waals surface area contributed by atoms with E-state index < -0.39 is 20.6 Å². The second-order valence-electron chi connectivity index (χ2n) is 5.26. The van der Waals surface area contributed by atoms with Gasteiger partial charge in [-0.25, -0.2) is 12.8 Å². The quantitative estimate of drug-likeness (QED) is 0.533. The van der Waals surface area contributed by atoms with Gasteiger partial charge >= 0.3 is 0 Å². The number of nitrogens with zero attached hydrogens (tertiary/aromatic N) is 1. The van der Waals surface area contributed by atoms with E-state index >= 15 is 0 Å². The van der Waals surface area contributed by atoms with E-state index in [0.717, 1.165) is 10.5 Å². The standard InChI is InChI=1S/C19H11BrFNO3S/c20-13-5-8-15(9-6-13)26(23,24)16(12-22)11-14-7-10-19(25-14)17-3-1-2-4-18(17)21/h1-11H. The number of hydrogen-bond donors (Lipinski definition) is 0. The summed E-state index contributed by atoms with van der Waals surface area (Å²) in [4.78, 5) is -0.469. The summed E-state index contributed by atoms with van der Waals surface area (Å²) in [6.07, 6.45) is 1.13. The Morgan fingerprint density at radius 2 is 1.77 bits per heavy atom. The third-order valence-corrected chi connectivity index (χ3v) is 5.77. The highest BCUT2D eigenvalue weighted by molar-refractivity contribution is 9.10. The van der Waals surface area contributed by atoms with Crippen molar-refractivity contribution >= 4 is 31.8 Å². The van der Waals surface area contributed by atoms with Crippen LogP contribution in [0, 0.1) is 17.1 Å². The molecule has 0 N–H and O–H groups in total. The van der Waals surface area contributed by atoms with Gasteiger partial charge in [0, 0.05) is 10.5 Å². The zero-order valence-electron chi connectivity index (χ0n) is 13.2. The molecule has 0 fully saturated rings. The molecule has 0 unspecified atom stereocenters. The lowest BCUT2D eigenvalue weighted by Gasteiger charge is -2.02. The second-order valence-corrected chi connectivity index (χ2v) is 8.09. The summed E-state index contributed by atoms with van der Waals surface area (Å²) < 4.78 is 45.2. The lowest BCUT2D eigenvalue weighted by molar-refractivity contribution is 0.560. The van der Waals surface area contributed by atoms with Gasteiger partial charge in [0.2, 0.25) is 9.84 Å². The van der Waals surface area contributed by atoms with Crippen molar-refractivity contribution in [3.8, 4) is 17.4 Å². The van der Waals surface area contributed by atoms with Crippen LogP contribution in [-0.2, 0) is 9.84 Å².